The minimum atomic E-state index is -3.49. The highest BCUT2D eigenvalue weighted by molar-refractivity contribution is 7.86. The first-order valence-electron chi connectivity index (χ1n) is 3.99. The Bertz CT molecular complexity index is 239. The number of nitrogens with two attached hydrogens (primary N) is 1. The van der Waals surface area contributed by atoms with Crippen molar-refractivity contribution >= 4 is 10.2 Å². The highest BCUT2D eigenvalue weighted by Crippen LogP contribution is 2.04. The molecule has 1 saturated heterocycles. The molecule has 1 unspecified atom stereocenters. The molecule has 3 N–H and O–H groups in total. The molecule has 0 saturated carbocycles. The van der Waals surface area contributed by atoms with Gasteiger partial charge in [-0.3, -0.25) is 0 Å². The fourth-order valence-corrected chi connectivity index (χ4v) is 2.09. The number of hydrogen-bond donors (Lipinski definition) is 2. The van der Waals surface area contributed by atoms with E-state index in [-0.39, 0.29) is 0 Å². The second-order valence-electron chi connectivity index (χ2n) is 3.21. The lowest BCUT2D eigenvalue weighted by Gasteiger charge is -2.18. The van der Waals surface area contributed by atoms with E-state index < -0.39 is 10.2 Å². The summed E-state index contributed by atoms with van der Waals surface area (Å²) in [5.41, 5.74) is 0. The molecule has 72 valence electrons. The molecule has 6 heteroatoms. The van der Waals surface area contributed by atoms with Crippen LogP contribution in [-0.2, 0) is 10.2 Å². The summed E-state index contributed by atoms with van der Waals surface area (Å²) in [7, 11) is -3.49. The van der Waals surface area contributed by atoms with Gasteiger partial charge in [0.25, 0.3) is 10.2 Å². The van der Waals surface area contributed by atoms with E-state index in [1.165, 1.54) is 4.31 Å². The number of hydrogen-bond acceptors (Lipinski definition) is 3. The first kappa shape index (κ1) is 9.91. The molecule has 0 spiro atoms. The minimum Gasteiger partial charge on any atom is -0.315 e. The van der Waals surface area contributed by atoms with Gasteiger partial charge in [-0.05, 0) is 12.5 Å². The van der Waals surface area contributed by atoms with Crippen LogP contribution in [0.2, 0.25) is 0 Å². The standard InChI is InChI=1S/C6H15N3O2S/c1-6-4-8-2-3-9(5-6)12(7,10)11/h6,8H,2-5H2,1H3,(H2,7,10,11). The van der Waals surface area contributed by atoms with E-state index in [9.17, 15) is 8.42 Å². The molecule has 0 aromatic heterocycles. The maximum absolute atomic E-state index is 11.0. The van der Waals surface area contributed by atoms with E-state index in [2.05, 4.69) is 5.32 Å². The Balaban J connectivity index is 2.65. The molecule has 1 fully saturated rings. The van der Waals surface area contributed by atoms with Crippen molar-refractivity contribution in [2.75, 3.05) is 26.2 Å². The van der Waals surface area contributed by atoms with E-state index in [1.54, 1.807) is 0 Å². The van der Waals surface area contributed by atoms with Gasteiger partial charge in [0.05, 0.1) is 0 Å². The highest BCUT2D eigenvalue weighted by Gasteiger charge is 2.21. The SMILES string of the molecule is CC1CNCCN(S(N)(=O)=O)C1. The number of nitrogens with zero attached hydrogens (tertiary/aromatic N) is 1. The van der Waals surface area contributed by atoms with Gasteiger partial charge in [-0.25, -0.2) is 5.14 Å². The Labute approximate surface area is 73.1 Å². The van der Waals surface area contributed by atoms with Crippen LogP contribution >= 0.6 is 0 Å². The van der Waals surface area contributed by atoms with Crippen LogP contribution in [0, 0.1) is 5.92 Å². The summed E-state index contributed by atoms with van der Waals surface area (Å²) >= 11 is 0. The van der Waals surface area contributed by atoms with Crippen molar-refractivity contribution in [2.45, 2.75) is 6.92 Å². The average Bonchev–Trinajstić information content (AvgIpc) is 2.11. The Morgan fingerprint density at radius 1 is 1.58 bits per heavy atom. The first-order chi connectivity index (χ1) is 5.50. The zero-order valence-corrected chi connectivity index (χ0v) is 7.97. The summed E-state index contributed by atoms with van der Waals surface area (Å²) in [6, 6.07) is 0. The Morgan fingerprint density at radius 2 is 2.25 bits per heavy atom. The average molecular weight is 193 g/mol. The van der Waals surface area contributed by atoms with E-state index in [0.29, 0.717) is 25.6 Å². The second kappa shape index (κ2) is 3.69. The normalized spacial score (nSPS) is 28.3. The lowest BCUT2D eigenvalue weighted by molar-refractivity contribution is 0.392. The van der Waals surface area contributed by atoms with E-state index in [0.717, 1.165) is 6.54 Å². The van der Waals surface area contributed by atoms with Crippen molar-refractivity contribution in [2.24, 2.45) is 11.1 Å². The second-order valence-corrected chi connectivity index (χ2v) is 4.76. The summed E-state index contributed by atoms with van der Waals surface area (Å²) in [4.78, 5) is 0. The van der Waals surface area contributed by atoms with Crippen molar-refractivity contribution in [3.63, 3.8) is 0 Å². The van der Waals surface area contributed by atoms with Gasteiger partial charge in [-0.1, -0.05) is 6.92 Å². The highest BCUT2D eigenvalue weighted by atomic mass is 32.2. The first-order valence-corrected chi connectivity index (χ1v) is 5.49. The van der Waals surface area contributed by atoms with Crippen LogP contribution in [0.3, 0.4) is 0 Å². The third-order valence-electron chi connectivity index (χ3n) is 1.91. The van der Waals surface area contributed by atoms with Crippen molar-refractivity contribution in [3.05, 3.63) is 0 Å². The molecule has 0 radical (unpaired) electrons. The van der Waals surface area contributed by atoms with Crippen LogP contribution in [0.1, 0.15) is 6.92 Å². The fraction of sp³-hybridized carbons (Fsp3) is 1.00. The number of nitrogens with one attached hydrogen (secondary N) is 1. The fourth-order valence-electron chi connectivity index (χ4n) is 1.29. The minimum absolute atomic E-state index is 0.325. The van der Waals surface area contributed by atoms with Crippen molar-refractivity contribution in [1.82, 2.24) is 9.62 Å². The number of rotatable bonds is 1. The molecule has 0 aliphatic carbocycles. The molecule has 0 bridgehead atoms. The lowest BCUT2D eigenvalue weighted by Crippen LogP contribution is -2.40. The van der Waals surface area contributed by atoms with Gasteiger partial charge in [0, 0.05) is 19.6 Å². The van der Waals surface area contributed by atoms with Gasteiger partial charge in [-0.2, -0.15) is 12.7 Å². The maximum atomic E-state index is 11.0. The van der Waals surface area contributed by atoms with Gasteiger partial charge < -0.3 is 5.32 Å². The van der Waals surface area contributed by atoms with Crippen molar-refractivity contribution < 1.29 is 8.42 Å². The van der Waals surface area contributed by atoms with Crippen LogP contribution in [0.15, 0.2) is 0 Å². The van der Waals surface area contributed by atoms with Gasteiger partial charge in [0.1, 0.15) is 0 Å². The maximum Gasteiger partial charge on any atom is 0.276 e. The third-order valence-corrected chi connectivity index (χ3v) is 2.96. The topological polar surface area (TPSA) is 75.4 Å². The zero-order chi connectivity index (χ0) is 9.19. The predicted molar refractivity (Wildman–Crippen MR) is 46.7 cm³/mol. The van der Waals surface area contributed by atoms with Gasteiger partial charge >= 0.3 is 0 Å². The lowest BCUT2D eigenvalue weighted by atomic mass is 10.2. The van der Waals surface area contributed by atoms with Crippen molar-refractivity contribution in [1.29, 1.82) is 0 Å². The molecule has 5 nitrogen and oxygen atoms in total. The molecule has 0 amide bonds. The van der Waals surface area contributed by atoms with E-state index >= 15 is 0 Å². The predicted octanol–water partition coefficient (Wildman–Crippen LogP) is -1.27. The van der Waals surface area contributed by atoms with E-state index in [4.69, 9.17) is 5.14 Å². The molecule has 0 aromatic rings. The Morgan fingerprint density at radius 3 is 2.83 bits per heavy atom. The molecule has 1 heterocycles. The molecule has 0 aromatic carbocycles. The molecular formula is C6H15N3O2S. The van der Waals surface area contributed by atoms with Gasteiger partial charge in [0.2, 0.25) is 0 Å². The van der Waals surface area contributed by atoms with E-state index in [1.807, 2.05) is 6.92 Å². The zero-order valence-electron chi connectivity index (χ0n) is 7.16. The Kier molecular flexibility index (Phi) is 3.05. The largest absolute Gasteiger partial charge is 0.315 e. The quantitative estimate of drug-likeness (QED) is 0.545. The monoisotopic (exact) mass is 193 g/mol. The smallest absolute Gasteiger partial charge is 0.276 e. The molecule has 1 aliphatic heterocycles. The molecule has 1 atom stereocenters. The van der Waals surface area contributed by atoms with Crippen LogP contribution in [0.4, 0.5) is 0 Å². The third kappa shape index (κ3) is 2.71. The summed E-state index contributed by atoms with van der Waals surface area (Å²) in [6.45, 7) is 4.53. The van der Waals surface area contributed by atoms with Crippen LogP contribution in [-0.4, -0.2) is 38.9 Å². The van der Waals surface area contributed by atoms with Gasteiger partial charge in [0.15, 0.2) is 0 Å². The van der Waals surface area contributed by atoms with Gasteiger partial charge in [-0.15, -0.1) is 0 Å². The Hall–Kier alpha value is -0.170. The molecule has 1 aliphatic rings. The van der Waals surface area contributed by atoms with Crippen LogP contribution < -0.4 is 10.5 Å². The van der Waals surface area contributed by atoms with Crippen LogP contribution in [0.25, 0.3) is 0 Å². The van der Waals surface area contributed by atoms with Crippen LogP contribution in [0.5, 0.6) is 0 Å². The van der Waals surface area contributed by atoms with Crippen molar-refractivity contribution in [3.8, 4) is 0 Å². The molecule has 12 heavy (non-hydrogen) atoms. The summed E-state index contributed by atoms with van der Waals surface area (Å²) in [5, 5.41) is 8.15. The summed E-state index contributed by atoms with van der Waals surface area (Å²) in [5.74, 6) is 0.325. The molecular weight excluding hydrogens is 178 g/mol. The summed E-state index contributed by atoms with van der Waals surface area (Å²) < 4.78 is 23.2. The molecule has 1 rings (SSSR count). The summed E-state index contributed by atoms with van der Waals surface area (Å²) in [6.07, 6.45) is 0.